The molecule has 1 fully saturated rings. The fourth-order valence-electron chi connectivity index (χ4n) is 2.50. The molecule has 0 radical (unpaired) electrons. The van der Waals surface area contributed by atoms with Crippen LogP contribution in [0.1, 0.15) is 13.3 Å². The van der Waals surface area contributed by atoms with Gasteiger partial charge < -0.3 is 25.0 Å². The molecule has 1 aromatic carbocycles. The lowest BCUT2D eigenvalue weighted by molar-refractivity contribution is -0.127. The first-order valence-electron chi connectivity index (χ1n) is 8.20. The van der Waals surface area contributed by atoms with Crippen LogP contribution in [0.5, 0.6) is 11.5 Å². The van der Waals surface area contributed by atoms with E-state index in [1.807, 2.05) is 12.1 Å². The lowest BCUT2D eigenvalue weighted by Gasteiger charge is -2.27. The summed E-state index contributed by atoms with van der Waals surface area (Å²) in [5.74, 6) is 1.35. The Balaban J connectivity index is 1.63. The highest BCUT2D eigenvalue weighted by Crippen LogP contribution is 2.18. The molecular weight excluding hydrogens is 294 g/mol. The molecule has 1 aromatic rings. The van der Waals surface area contributed by atoms with Crippen LogP contribution in [0, 0.1) is 0 Å². The smallest absolute Gasteiger partial charge is 0.260 e. The molecule has 0 saturated carbocycles. The average Bonchev–Trinajstić information content (AvgIpc) is 2.60. The van der Waals surface area contributed by atoms with Gasteiger partial charge in [0.25, 0.3) is 5.91 Å². The van der Waals surface area contributed by atoms with Crippen molar-refractivity contribution < 1.29 is 14.3 Å². The van der Waals surface area contributed by atoms with Crippen molar-refractivity contribution in [3.8, 4) is 11.5 Å². The molecule has 1 heterocycles. The Hall–Kier alpha value is -1.79. The Kier molecular flexibility index (Phi) is 7.16. The second kappa shape index (κ2) is 9.37. The normalized spacial score (nSPS) is 16.6. The molecule has 1 amide bonds. The van der Waals surface area contributed by atoms with Gasteiger partial charge in [0.2, 0.25) is 0 Å². The summed E-state index contributed by atoms with van der Waals surface area (Å²) >= 11 is 0. The van der Waals surface area contributed by atoms with Crippen molar-refractivity contribution in [2.75, 3.05) is 46.4 Å². The minimum Gasteiger partial charge on any atom is -0.497 e. The molecule has 1 unspecified atom stereocenters. The largest absolute Gasteiger partial charge is 0.497 e. The molecule has 0 aliphatic carbocycles. The summed E-state index contributed by atoms with van der Waals surface area (Å²) in [5, 5.41) is 6.27. The van der Waals surface area contributed by atoms with Crippen molar-refractivity contribution >= 4 is 5.91 Å². The number of methoxy groups -OCH3 is 1. The van der Waals surface area contributed by atoms with Crippen molar-refractivity contribution in [1.82, 2.24) is 15.5 Å². The van der Waals surface area contributed by atoms with Crippen LogP contribution in [0.4, 0.5) is 0 Å². The lowest BCUT2D eigenvalue weighted by Crippen LogP contribution is -2.44. The molecule has 0 bridgehead atoms. The number of ether oxygens (including phenoxy) is 2. The summed E-state index contributed by atoms with van der Waals surface area (Å²) in [5.41, 5.74) is 0. The zero-order valence-electron chi connectivity index (χ0n) is 14.0. The number of amides is 1. The van der Waals surface area contributed by atoms with Crippen LogP contribution in [0.15, 0.2) is 24.3 Å². The molecule has 1 saturated heterocycles. The molecule has 1 aliphatic rings. The van der Waals surface area contributed by atoms with E-state index in [0.29, 0.717) is 12.3 Å². The van der Waals surface area contributed by atoms with Crippen LogP contribution in [0.25, 0.3) is 0 Å². The Morgan fingerprint density at radius 2 is 1.91 bits per heavy atom. The van der Waals surface area contributed by atoms with Gasteiger partial charge in [-0.3, -0.25) is 4.79 Å². The molecule has 23 heavy (non-hydrogen) atoms. The van der Waals surface area contributed by atoms with Crippen LogP contribution in [0.3, 0.4) is 0 Å². The third-order valence-corrected chi connectivity index (χ3v) is 3.90. The van der Waals surface area contributed by atoms with Crippen LogP contribution in [-0.2, 0) is 4.79 Å². The predicted octanol–water partition coefficient (Wildman–Crippen LogP) is 0.874. The van der Waals surface area contributed by atoms with Gasteiger partial charge in [0.1, 0.15) is 11.5 Å². The molecule has 1 atom stereocenters. The maximum absolute atomic E-state index is 12.0. The van der Waals surface area contributed by atoms with Crippen molar-refractivity contribution in [2.24, 2.45) is 0 Å². The summed E-state index contributed by atoms with van der Waals surface area (Å²) in [4.78, 5) is 14.5. The highest BCUT2D eigenvalue weighted by molar-refractivity contribution is 5.80. The van der Waals surface area contributed by atoms with E-state index in [0.717, 1.165) is 44.9 Å². The predicted molar refractivity (Wildman–Crippen MR) is 90.0 cm³/mol. The number of carbonyl (C=O) groups excluding carboxylic acids is 1. The Labute approximate surface area is 138 Å². The van der Waals surface area contributed by atoms with Gasteiger partial charge in [-0.1, -0.05) is 0 Å². The zero-order valence-corrected chi connectivity index (χ0v) is 14.0. The van der Waals surface area contributed by atoms with E-state index in [9.17, 15) is 4.79 Å². The quantitative estimate of drug-likeness (QED) is 0.696. The van der Waals surface area contributed by atoms with Gasteiger partial charge in [0.15, 0.2) is 6.10 Å². The fraction of sp³-hybridized carbons (Fsp3) is 0.588. The molecule has 0 aromatic heterocycles. The van der Waals surface area contributed by atoms with E-state index >= 15 is 0 Å². The minimum atomic E-state index is -0.511. The molecule has 6 heteroatoms. The number of hydrogen-bond donors (Lipinski definition) is 2. The molecule has 1 aliphatic heterocycles. The second-order valence-corrected chi connectivity index (χ2v) is 5.67. The van der Waals surface area contributed by atoms with Gasteiger partial charge in [-0.05, 0) is 44.2 Å². The van der Waals surface area contributed by atoms with Crippen molar-refractivity contribution in [2.45, 2.75) is 19.4 Å². The van der Waals surface area contributed by atoms with Gasteiger partial charge in [0.05, 0.1) is 7.11 Å². The van der Waals surface area contributed by atoms with E-state index in [-0.39, 0.29) is 5.91 Å². The van der Waals surface area contributed by atoms with E-state index < -0.39 is 6.10 Å². The zero-order chi connectivity index (χ0) is 16.5. The number of nitrogens with zero attached hydrogens (tertiary/aromatic N) is 1. The number of rotatable bonds is 8. The highest BCUT2D eigenvalue weighted by atomic mass is 16.5. The van der Waals surface area contributed by atoms with Crippen LogP contribution in [-0.4, -0.2) is 63.3 Å². The van der Waals surface area contributed by atoms with E-state index in [1.165, 1.54) is 0 Å². The van der Waals surface area contributed by atoms with Crippen LogP contribution >= 0.6 is 0 Å². The molecule has 2 rings (SSSR count). The number of benzene rings is 1. The van der Waals surface area contributed by atoms with Crippen LogP contribution < -0.4 is 20.1 Å². The molecule has 6 nitrogen and oxygen atoms in total. The summed E-state index contributed by atoms with van der Waals surface area (Å²) < 4.78 is 10.7. The van der Waals surface area contributed by atoms with Crippen molar-refractivity contribution in [3.63, 3.8) is 0 Å². The maximum atomic E-state index is 12.0. The first kappa shape index (κ1) is 17.6. The van der Waals surface area contributed by atoms with Gasteiger partial charge in [-0.25, -0.2) is 0 Å². The van der Waals surface area contributed by atoms with Crippen molar-refractivity contribution in [3.05, 3.63) is 24.3 Å². The standard InChI is InChI=1S/C17H27N3O3/c1-14(23-16-6-4-15(22-2)5-7-16)17(21)19-8-3-11-20-12-9-18-10-13-20/h4-7,14,18H,3,8-13H2,1-2H3,(H,19,21). The Morgan fingerprint density at radius 3 is 2.57 bits per heavy atom. The Morgan fingerprint density at radius 1 is 1.26 bits per heavy atom. The van der Waals surface area contributed by atoms with Crippen molar-refractivity contribution in [1.29, 1.82) is 0 Å². The summed E-state index contributed by atoms with van der Waals surface area (Å²) in [6.45, 7) is 7.75. The molecule has 0 spiro atoms. The number of hydrogen-bond acceptors (Lipinski definition) is 5. The number of carbonyl (C=O) groups is 1. The lowest BCUT2D eigenvalue weighted by atomic mass is 10.3. The second-order valence-electron chi connectivity index (χ2n) is 5.67. The number of nitrogens with one attached hydrogen (secondary N) is 2. The van der Waals surface area contributed by atoms with E-state index in [4.69, 9.17) is 9.47 Å². The third-order valence-electron chi connectivity index (χ3n) is 3.90. The van der Waals surface area contributed by atoms with Gasteiger partial charge in [0, 0.05) is 32.7 Å². The molecule has 2 N–H and O–H groups in total. The first-order chi connectivity index (χ1) is 11.2. The van der Waals surface area contributed by atoms with Gasteiger partial charge in [-0.2, -0.15) is 0 Å². The third kappa shape index (κ3) is 6.08. The Bertz CT molecular complexity index is 472. The van der Waals surface area contributed by atoms with E-state index in [1.54, 1.807) is 26.2 Å². The van der Waals surface area contributed by atoms with Crippen LogP contribution in [0.2, 0.25) is 0 Å². The van der Waals surface area contributed by atoms with Gasteiger partial charge in [-0.15, -0.1) is 0 Å². The maximum Gasteiger partial charge on any atom is 0.260 e. The molecule has 128 valence electrons. The fourth-order valence-corrected chi connectivity index (χ4v) is 2.50. The van der Waals surface area contributed by atoms with E-state index in [2.05, 4.69) is 15.5 Å². The van der Waals surface area contributed by atoms with Gasteiger partial charge >= 0.3 is 0 Å². The first-order valence-corrected chi connectivity index (χ1v) is 8.20. The highest BCUT2D eigenvalue weighted by Gasteiger charge is 2.14. The topological polar surface area (TPSA) is 62.8 Å². The molecular formula is C17H27N3O3. The SMILES string of the molecule is COc1ccc(OC(C)C(=O)NCCCN2CCNCC2)cc1. The average molecular weight is 321 g/mol. The minimum absolute atomic E-state index is 0.0823. The monoisotopic (exact) mass is 321 g/mol. The number of piperazine rings is 1. The summed E-state index contributed by atoms with van der Waals surface area (Å²) in [6, 6.07) is 7.22. The summed E-state index contributed by atoms with van der Waals surface area (Å²) in [6.07, 6.45) is 0.448. The summed E-state index contributed by atoms with van der Waals surface area (Å²) in [7, 11) is 1.62.